The third kappa shape index (κ3) is 4.12. The van der Waals surface area contributed by atoms with E-state index in [4.69, 9.17) is 9.05 Å². The molecule has 0 saturated heterocycles. The quantitative estimate of drug-likeness (QED) is 0.391. The van der Waals surface area contributed by atoms with Gasteiger partial charge in [-0.3, -0.25) is 14.2 Å². The summed E-state index contributed by atoms with van der Waals surface area (Å²) in [5, 5.41) is 0.277. The number of para-hydroxylation sites is 1. The van der Waals surface area contributed by atoms with Gasteiger partial charge in [-0.1, -0.05) is 45.9 Å². The van der Waals surface area contributed by atoms with Crippen LogP contribution in [0.4, 0.5) is 5.69 Å². The third-order valence-corrected chi connectivity index (χ3v) is 7.46. The van der Waals surface area contributed by atoms with Gasteiger partial charge in [0.05, 0.1) is 35.3 Å². The van der Waals surface area contributed by atoms with E-state index in [0.29, 0.717) is 11.3 Å². The molecule has 2 aromatic carbocycles. The van der Waals surface area contributed by atoms with Crippen LogP contribution in [0.1, 0.15) is 85.2 Å². The molecule has 166 valence electrons. The van der Waals surface area contributed by atoms with Crippen LogP contribution in [0, 0.1) is 0 Å². The first-order chi connectivity index (χ1) is 14.7. The van der Waals surface area contributed by atoms with Gasteiger partial charge in [-0.15, -0.1) is 0 Å². The largest absolute Gasteiger partial charge is 0.361 e. The highest BCUT2D eigenvalue weighted by atomic mass is 31.2. The lowest BCUT2D eigenvalue weighted by atomic mass is 9.92. The van der Waals surface area contributed by atoms with Crippen LogP contribution in [0.2, 0.25) is 0 Å². The van der Waals surface area contributed by atoms with Gasteiger partial charge in [-0.05, 0) is 55.0 Å². The first kappa shape index (κ1) is 23.4. The van der Waals surface area contributed by atoms with Crippen molar-refractivity contribution in [2.75, 3.05) is 18.1 Å². The molecule has 1 aliphatic heterocycles. The molecule has 0 fully saturated rings. The van der Waals surface area contributed by atoms with Crippen LogP contribution in [0.5, 0.6) is 0 Å². The van der Waals surface area contributed by atoms with Crippen molar-refractivity contribution >= 4 is 30.4 Å². The Labute approximate surface area is 184 Å². The maximum Gasteiger partial charge on any atom is 0.361 e. The SMILES string of the molecule is CCOP(=O)(OCC)c1ccc2c(c1)C(=O)N(c1c(C(C)C)cccc1C(C)C)C2=O. The lowest BCUT2D eigenvalue weighted by molar-refractivity contribution is 0.0925. The molecule has 1 aliphatic rings. The Morgan fingerprint density at radius 3 is 1.84 bits per heavy atom. The molecule has 1 heterocycles. The second-order valence-electron chi connectivity index (χ2n) is 8.10. The van der Waals surface area contributed by atoms with Gasteiger partial charge in [0, 0.05) is 0 Å². The van der Waals surface area contributed by atoms with Gasteiger partial charge >= 0.3 is 7.60 Å². The highest BCUT2D eigenvalue weighted by Crippen LogP contribution is 2.48. The zero-order valence-electron chi connectivity index (χ0n) is 19.0. The molecule has 0 unspecified atom stereocenters. The molecule has 6 nitrogen and oxygen atoms in total. The second kappa shape index (κ2) is 9.07. The summed E-state index contributed by atoms with van der Waals surface area (Å²) in [5.41, 5.74) is 3.04. The summed E-state index contributed by atoms with van der Waals surface area (Å²) in [5.74, 6) is -0.532. The Hall–Kier alpha value is -2.27. The molecule has 0 N–H and O–H groups in total. The first-order valence-electron chi connectivity index (χ1n) is 10.7. The lowest BCUT2D eigenvalue weighted by Gasteiger charge is -2.25. The summed E-state index contributed by atoms with van der Waals surface area (Å²) in [6.45, 7) is 12.0. The van der Waals surface area contributed by atoms with Gasteiger partial charge in [0.1, 0.15) is 0 Å². The molecule has 0 atom stereocenters. The van der Waals surface area contributed by atoms with Crippen LogP contribution in [-0.4, -0.2) is 25.0 Å². The van der Waals surface area contributed by atoms with Crippen molar-refractivity contribution in [2.24, 2.45) is 0 Å². The Kier molecular flexibility index (Phi) is 6.85. The molecule has 2 aromatic rings. The minimum atomic E-state index is -3.57. The molecule has 7 heteroatoms. The smallest absolute Gasteiger partial charge is 0.305 e. The van der Waals surface area contributed by atoms with E-state index in [1.807, 2.05) is 45.9 Å². The van der Waals surface area contributed by atoms with Crippen LogP contribution in [0.25, 0.3) is 0 Å². The number of carbonyl (C=O) groups is 2. The number of amides is 2. The summed E-state index contributed by atoms with van der Waals surface area (Å²) in [4.78, 5) is 28.1. The Morgan fingerprint density at radius 1 is 0.839 bits per heavy atom. The topological polar surface area (TPSA) is 72.9 Å². The zero-order chi connectivity index (χ0) is 22.9. The number of carbonyl (C=O) groups excluding carboxylic acids is 2. The van der Waals surface area contributed by atoms with E-state index < -0.39 is 13.5 Å². The van der Waals surface area contributed by atoms with Crippen molar-refractivity contribution in [1.82, 2.24) is 0 Å². The van der Waals surface area contributed by atoms with Crippen molar-refractivity contribution in [1.29, 1.82) is 0 Å². The molecule has 0 radical (unpaired) electrons. The average Bonchev–Trinajstić information content (AvgIpc) is 2.97. The third-order valence-electron chi connectivity index (χ3n) is 5.35. The molecular weight excluding hydrogens is 413 g/mol. The zero-order valence-corrected chi connectivity index (χ0v) is 19.9. The fourth-order valence-corrected chi connectivity index (χ4v) is 5.50. The van der Waals surface area contributed by atoms with Gasteiger partial charge < -0.3 is 9.05 Å². The summed E-state index contributed by atoms with van der Waals surface area (Å²) < 4.78 is 24.0. The lowest BCUT2D eigenvalue weighted by Crippen LogP contribution is -2.31. The van der Waals surface area contributed by atoms with E-state index in [1.165, 1.54) is 11.0 Å². The van der Waals surface area contributed by atoms with Crippen LogP contribution in [-0.2, 0) is 13.6 Å². The molecule has 2 amide bonds. The number of benzene rings is 2. The van der Waals surface area contributed by atoms with Gasteiger partial charge in [0.25, 0.3) is 11.8 Å². The van der Waals surface area contributed by atoms with Gasteiger partial charge in [-0.2, -0.15) is 0 Å². The summed E-state index contributed by atoms with van der Waals surface area (Å²) >= 11 is 0. The summed E-state index contributed by atoms with van der Waals surface area (Å²) in [6, 6.07) is 10.5. The second-order valence-corrected chi connectivity index (χ2v) is 10.1. The average molecular weight is 443 g/mol. The normalized spacial score (nSPS) is 14.1. The van der Waals surface area contributed by atoms with Crippen LogP contribution in [0.3, 0.4) is 0 Å². The van der Waals surface area contributed by atoms with Crippen molar-refractivity contribution < 1.29 is 23.2 Å². The van der Waals surface area contributed by atoms with E-state index in [9.17, 15) is 14.2 Å². The van der Waals surface area contributed by atoms with Crippen molar-refractivity contribution in [3.63, 3.8) is 0 Å². The Morgan fingerprint density at radius 2 is 1.35 bits per heavy atom. The maximum atomic E-state index is 13.5. The first-order valence-corrected chi connectivity index (χ1v) is 12.3. The Balaban J connectivity index is 2.15. The molecule has 3 rings (SSSR count). The van der Waals surface area contributed by atoms with Crippen LogP contribution >= 0.6 is 7.60 Å². The maximum absolute atomic E-state index is 13.5. The van der Waals surface area contributed by atoms with Gasteiger partial charge in [-0.25, -0.2) is 4.90 Å². The molecule has 0 aliphatic carbocycles. The molecule has 0 bridgehead atoms. The van der Waals surface area contributed by atoms with Gasteiger partial charge in [0.15, 0.2) is 0 Å². The number of hydrogen-bond donors (Lipinski definition) is 0. The van der Waals surface area contributed by atoms with Crippen LogP contribution in [0.15, 0.2) is 36.4 Å². The minimum absolute atomic E-state index is 0.129. The fourth-order valence-electron chi connectivity index (χ4n) is 3.90. The summed E-state index contributed by atoms with van der Waals surface area (Å²) in [6.07, 6.45) is 0. The predicted molar refractivity (Wildman–Crippen MR) is 123 cm³/mol. The number of fused-ring (bicyclic) bond motifs is 1. The number of anilines is 1. The standard InChI is InChI=1S/C24H30NO5P/c1-7-29-31(28,30-8-2)17-12-13-20-21(14-17)24(27)25(23(20)26)22-18(15(3)4)10-9-11-19(22)16(5)6/h9-16H,7-8H2,1-6H3. The Bertz CT molecular complexity index is 1020. The summed E-state index contributed by atoms with van der Waals surface area (Å²) in [7, 11) is -3.57. The van der Waals surface area contributed by atoms with Crippen molar-refractivity contribution in [3.8, 4) is 0 Å². The van der Waals surface area contributed by atoms with E-state index in [0.717, 1.165) is 11.1 Å². The molecule has 0 saturated carbocycles. The monoisotopic (exact) mass is 443 g/mol. The number of nitrogens with zero attached hydrogens (tertiary/aromatic N) is 1. The fraction of sp³-hybridized carbons (Fsp3) is 0.417. The van der Waals surface area contributed by atoms with Crippen LogP contribution < -0.4 is 10.2 Å². The van der Waals surface area contributed by atoms with E-state index in [2.05, 4.69) is 0 Å². The number of imide groups is 1. The van der Waals surface area contributed by atoms with Crippen molar-refractivity contribution in [3.05, 3.63) is 58.7 Å². The predicted octanol–water partition coefficient (Wildman–Crippen LogP) is 5.63. The van der Waals surface area contributed by atoms with E-state index in [1.54, 1.807) is 26.0 Å². The number of hydrogen-bond acceptors (Lipinski definition) is 5. The van der Waals surface area contributed by atoms with Gasteiger partial charge in [0.2, 0.25) is 0 Å². The molecule has 31 heavy (non-hydrogen) atoms. The molecular formula is C24H30NO5P. The highest BCUT2D eigenvalue weighted by molar-refractivity contribution is 7.62. The van der Waals surface area contributed by atoms with E-state index in [-0.39, 0.29) is 41.8 Å². The molecule has 0 aromatic heterocycles. The van der Waals surface area contributed by atoms with E-state index >= 15 is 0 Å². The molecule has 0 spiro atoms. The van der Waals surface area contributed by atoms with Crippen molar-refractivity contribution in [2.45, 2.75) is 53.4 Å². The number of rotatable bonds is 8. The minimum Gasteiger partial charge on any atom is -0.305 e. The highest BCUT2D eigenvalue weighted by Gasteiger charge is 2.41.